The number of aryl methyl sites for hydroxylation is 2. The molecule has 2 aromatic heterocycles. The van der Waals surface area contributed by atoms with Gasteiger partial charge in [0.2, 0.25) is 0 Å². The first-order valence-corrected chi connectivity index (χ1v) is 5.69. The summed E-state index contributed by atoms with van der Waals surface area (Å²) < 4.78 is 0. The van der Waals surface area contributed by atoms with E-state index in [1.807, 2.05) is 0 Å². The maximum atomic E-state index is 5.79. The molecule has 2 heterocycles. The van der Waals surface area contributed by atoms with E-state index in [9.17, 15) is 0 Å². The first-order valence-electron chi connectivity index (χ1n) is 5.69. The number of nitrogens with one attached hydrogen (secondary N) is 1. The van der Waals surface area contributed by atoms with Gasteiger partial charge in [-0.3, -0.25) is 0 Å². The van der Waals surface area contributed by atoms with E-state index in [4.69, 9.17) is 5.73 Å². The number of nitrogen functional groups attached to an aromatic ring is 1. The molecule has 0 atom stereocenters. The monoisotopic (exact) mass is 239 g/mol. The fourth-order valence-electron chi connectivity index (χ4n) is 1.96. The van der Waals surface area contributed by atoms with E-state index < -0.39 is 0 Å². The quantitative estimate of drug-likeness (QED) is 0.682. The van der Waals surface area contributed by atoms with Gasteiger partial charge in [-0.15, -0.1) is 0 Å². The predicted octanol–water partition coefficient (Wildman–Crippen LogP) is 2.22. The normalized spacial score (nSPS) is 11.0. The number of imidazole rings is 1. The van der Waals surface area contributed by atoms with Gasteiger partial charge in [0.1, 0.15) is 17.7 Å². The number of hydrogen-bond acceptors (Lipinski definition) is 4. The van der Waals surface area contributed by atoms with Crippen molar-refractivity contribution in [2.45, 2.75) is 13.8 Å². The Morgan fingerprint density at radius 2 is 2.00 bits per heavy atom. The SMILES string of the molecule is Cc1ccc(C)c(-c2nc3ncnc(N)c3[nH]2)c1. The minimum Gasteiger partial charge on any atom is -0.382 e. The zero-order chi connectivity index (χ0) is 12.7. The molecular formula is C13H13N5. The van der Waals surface area contributed by atoms with Crippen molar-refractivity contribution < 1.29 is 0 Å². The van der Waals surface area contributed by atoms with Gasteiger partial charge in [0.15, 0.2) is 11.5 Å². The van der Waals surface area contributed by atoms with Crippen LogP contribution in [-0.4, -0.2) is 19.9 Å². The Morgan fingerprint density at radius 1 is 1.17 bits per heavy atom. The van der Waals surface area contributed by atoms with Gasteiger partial charge in [0.25, 0.3) is 0 Å². The standard InChI is InChI=1S/C13H13N5/c1-7-3-4-8(2)9(5-7)12-17-10-11(14)15-6-16-13(10)18-12/h3-6H,1-2H3,(H3,14,15,16,17,18). The molecule has 0 aliphatic carbocycles. The van der Waals surface area contributed by atoms with Crippen LogP contribution in [0.5, 0.6) is 0 Å². The summed E-state index contributed by atoms with van der Waals surface area (Å²) in [7, 11) is 0. The zero-order valence-electron chi connectivity index (χ0n) is 10.2. The van der Waals surface area contributed by atoms with Crippen molar-refractivity contribution in [1.82, 2.24) is 19.9 Å². The maximum absolute atomic E-state index is 5.79. The molecular weight excluding hydrogens is 226 g/mol. The molecule has 0 aliphatic rings. The van der Waals surface area contributed by atoms with Crippen molar-refractivity contribution in [2.24, 2.45) is 0 Å². The minimum atomic E-state index is 0.420. The van der Waals surface area contributed by atoms with Crippen molar-refractivity contribution in [3.8, 4) is 11.4 Å². The van der Waals surface area contributed by atoms with Gasteiger partial charge in [-0.1, -0.05) is 17.7 Å². The molecule has 0 saturated carbocycles. The Morgan fingerprint density at radius 3 is 2.78 bits per heavy atom. The summed E-state index contributed by atoms with van der Waals surface area (Å²) >= 11 is 0. The summed E-state index contributed by atoms with van der Waals surface area (Å²) in [6.45, 7) is 4.11. The van der Waals surface area contributed by atoms with Crippen LogP contribution in [0.1, 0.15) is 11.1 Å². The van der Waals surface area contributed by atoms with Crippen LogP contribution < -0.4 is 5.73 Å². The molecule has 0 radical (unpaired) electrons. The third-order valence-corrected chi connectivity index (χ3v) is 2.97. The summed E-state index contributed by atoms with van der Waals surface area (Å²) in [6.07, 6.45) is 1.42. The first kappa shape index (κ1) is 10.7. The third-order valence-electron chi connectivity index (χ3n) is 2.97. The Bertz CT molecular complexity index is 729. The van der Waals surface area contributed by atoms with Crippen LogP contribution in [0, 0.1) is 13.8 Å². The lowest BCUT2D eigenvalue weighted by Crippen LogP contribution is -1.91. The molecule has 0 unspecified atom stereocenters. The lowest BCUT2D eigenvalue weighted by Gasteiger charge is -2.03. The number of fused-ring (bicyclic) bond motifs is 1. The summed E-state index contributed by atoms with van der Waals surface area (Å²) in [5.74, 6) is 1.20. The van der Waals surface area contributed by atoms with Crippen LogP contribution >= 0.6 is 0 Å². The van der Waals surface area contributed by atoms with Crippen LogP contribution in [-0.2, 0) is 0 Å². The van der Waals surface area contributed by atoms with E-state index in [0.29, 0.717) is 17.0 Å². The number of H-pyrrole nitrogens is 1. The third kappa shape index (κ3) is 1.60. The van der Waals surface area contributed by atoms with Crippen molar-refractivity contribution in [2.75, 3.05) is 5.73 Å². The second-order valence-electron chi connectivity index (χ2n) is 4.36. The Labute approximate surface area is 104 Å². The minimum absolute atomic E-state index is 0.420. The van der Waals surface area contributed by atoms with E-state index in [2.05, 4.69) is 52.0 Å². The number of rotatable bonds is 1. The lowest BCUT2D eigenvalue weighted by molar-refractivity contribution is 1.21. The summed E-state index contributed by atoms with van der Waals surface area (Å²) in [5.41, 5.74) is 10.5. The molecule has 1 aromatic carbocycles. The summed E-state index contributed by atoms with van der Waals surface area (Å²) in [5, 5.41) is 0. The van der Waals surface area contributed by atoms with Gasteiger partial charge in [-0.25, -0.2) is 15.0 Å². The number of hydrogen-bond donors (Lipinski definition) is 2. The number of anilines is 1. The Balaban J connectivity index is 2.26. The summed E-state index contributed by atoms with van der Waals surface area (Å²) in [6, 6.07) is 6.25. The topological polar surface area (TPSA) is 80.5 Å². The maximum Gasteiger partial charge on any atom is 0.183 e. The molecule has 3 N–H and O–H groups in total. The number of nitrogens with zero attached hydrogens (tertiary/aromatic N) is 3. The van der Waals surface area contributed by atoms with E-state index in [1.54, 1.807) is 0 Å². The van der Waals surface area contributed by atoms with Crippen molar-refractivity contribution >= 4 is 17.0 Å². The highest BCUT2D eigenvalue weighted by Crippen LogP contribution is 2.25. The molecule has 0 bridgehead atoms. The van der Waals surface area contributed by atoms with Gasteiger partial charge in [-0.2, -0.15) is 0 Å². The van der Waals surface area contributed by atoms with Gasteiger partial charge < -0.3 is 10.7 Å². The fraction of sp³-hybridized carbons (Fsp3) is 0.154. The molecule has 90 valence electrons. The smallest absolute Gasteiger partial charge is 0.183 e. The fourth-order valence-corrected chi connectivity index (χ4v) is 1.96. The van der Waals surface area contributed by atoms with Crippen LogP contribution in [0.2, 0.25) is 0 Å². The van der Waals surface area contributed by atoms with Gasteiger partial charge >= 0.3 is 0 Å². The number of benzene rings is 1. The highest BCUT2D eigenvalue weighted by Gasteiger charge is 2.10. The largest absolute Gasteiger partial charge is 0.382 e. The summed E-state index contributed by atoms with van der Waals surface area (Å²) in [4.78, 5) is 15.7. The highest BCUT2D eigenvalue weighted by atomic mass is 15.0. The highest BCUT2D eigenvalue weighted by molar-refractivity contribution is 5.84. The van der Waals surface area contributed by atoms with E-state index in [-0.39, 0.29) is 0 Å². The van der Waals surface area contributed by atoms with Crippen LogP contribution in [0.3, 0.4) is 0 Å². The van der Waals surface area contributed by atoms with Gasteiger partial charge in [0, 0.05) is 5.56 Å². The lowest BCUT2D eigenvalue weighted by atomic mass is 10.1. The Hall–Kier alpha value is -2.43. The molecule has 0 saturated heterocycles. The van der Waals surface area contributed by atoms with Gasteiger partial charge in [0.05, 0.1) is 0 Å². The van der Waals surface area contributed by atoms with Crippen molar-refractivity contribution in [1.29, 1.82) is 0 Å². The van der Waals surface area contributed by atoms with E-state index >= 15 is 0 Å². The van der Waals surface area contributed by atoms with Crippen molar-refractivity contribution in [3.05, 3.63) is 35.7 Å². The predicted molar refractivity (Wildman–Crippen MR) is 71.0 cm³/mol. The first-order chi connectivity index (χ1) is 8.65. The molecule has 0 amide bonds. The molecule has 5 nitrogen and oxygen atoms in total. The molecule has 3 rings (SSSR count). The molecule has 0 fully saturated rings. The molecule has 0 spiro atoms. The number of aromatic nitrogens is 4. The number of aromatic amines is 1. The average molecular weight is 239 g/mol. The number of nitrogens with two attached hydrogens (primary N) is 1. The van der Waals surface area contributed by atoms with Crippen LogP contribution in [0.25, 0.3) is 22.6 Å². The van der Waals surface area contributed by atoms with Crippen molar-refractivity contribution in [3.63, 3.8) is 0 Å². The van der Waals surface area contributed by atoms with Crippen LogP contribution in [0.4, 0.5) is 5.82 Å². The second-order valence-corrected chi connectivity index (χ2v) is 4.36. The molecule has 18 heavy (non-hydrogen) atoms. The average Bonchev–Trinajstić information content (AvgIpc) is 2.77. The Kier molecular flexibility index (Phi) is 2.26. The van der Waals surface area contributed by atoms with Gasteiger partial charge in [-0.05, 0) is 25.5 Å². The molecule has 0 aliphatic heterocycles. The molecule has 3 aromatic rings. The zero-order valence-corrected chi connectivity index (χ0v) is 10.2. The second kappa shape index (κ2) is 3.80. The van der Waals surface area contributed by atoms with E-state index in [1.165, 1.54) is 11.9 Å². The van der Waals surface area contributed by atoms with E-state index in [0.717, 1.165) is 17.0 Å². The molecule has 5 heteroatoms. The van der Waals surface area contributed by atoms with Crippen LogP contribution in [0.15, 0.2) is 24.5 Å².